The monoisotopic (exact) mass is 364 g/mol. The van der Waals surface area contributed by atoms with Gasteiger partial charge in [0, 0.05) is 32.0 Å². The van der Waals surface area contributed by atoms with Gasteiger partial charge in [0.1, 0.15) is 0 Å². The quantitative estimate of drug-likeness (QED) is 0.840. The molecule has 1 N–H and O–H groups in total. The van der Waals surface area contributed by atoms with Gasteiger partial charge in [0.15, 0.2) is 0 Å². The number of morpholine rings is 1. The zero-order valence-electron chi connectivity index (χ0n) is 14.5. The van der Waals surface area contributed by atoms with Crippen LogP contribution < -0.4 is 4.72 Å². The third-order valence-electron chi connectivity index (χ3n) is 4.18. The van der Waals surface area contributed by atoms with Gasteiger partial charge in [-0.15, -0.1) is 0 Å². The van der Waals surface area contributed by atoms with E-state index in [9.17, 15) is 8.42 Å². The molecule has 25 heavy (non-hydrogen) atoms. The molecule has 7 nitrogen and oxygen atoms in total. The van der Waals surface area contributed by atoms with Crippen molar-refractivity contribution in [3.8, 4) is 0 Å². The normalized spacial score (nSPS) is 22.2. The maximum Gasteiger partial charge on any atom is 0.279 e. The minimum absolute atomic E-state index is 0.104. The van der Waals surface area contributed by atoms with Crippen molar-refractivity contribution < 1.29 is 13.2 Å². The maximum absolute atomic E-state index is 12.6. The third-order valence-corrected chi connectivity index (χ3v) is 5.67. The molecule has 0 saturated carbocycles. The van der Waals surface area contributed by atoms with Crippen LogP contribution in [0.25, 0.3) is 0 Å². The second kappa shape index (κ2) is 7.65. The molecule has 1 saturated heterocycles. The van der Waals surface area contributed by atoms with Crippen LogP contribution in [0.3, 0.4) is 0 Å². The number of rotatable bonds is 6. The molecule has 3 rings (SSSR count). The second-order valence-corrected chi connectivity index (χ2v) is 8.13. The van der Waals surface area contributed by atoms with Crippen molar-refractivity contribution in [3.63, 3.8) is 0 Å². The van der Waals surface area contributed by atoms with Gasteiger partial charge in [0.05, 0.1) is 18.8 Å². The summed E-state index contributed by atoms with van der Waals surface area (Å²) in [5.74, 6) is 0. The van der Waals surface area contributed by atoms with E-state index in [2.05, 4.69) is 9.82 Å². The van der Waals surface area contributed by atoms with Crippen LogP contribution in [-0.4, -0.2) is 47.8 Å². The van der Waals surface area contributed by atoms with E-state index in [0.29, 0.717) is 19.6 Å². The molecule has 136 valence electrons. The Morgan fingerprint density at radius 2 is 1.84 bits per heavy atom. The predicted molar refractivity (Wildman–Crippen MR) is 95.1 cm³/mol. The van der Waals surface area contributed by atoms with Gasteiger partial charge in [0.25, 0.3) is 10.2 Å². The summed E-state index contributed by atoms with van der Waals surface area (Å²) in [5.41, 5.74) is 1.98. The molecule has 2 atom stereocenters. The fourth-order valence-electron chi connectivity index (χ4n) is 3.04. The van der Waals surface area contributed by atoms with E-state index in [4.69, 9.17) is 4.74 Å². The molecule has 1 aromatic carbocycles. The lowest BCUT2D eigenvalue weighted by molar-refractivity contribution is -0.0444. The lowest BCUT2D eigenvalue weighted by Crippen LogP contribution is -2.51. The molecule has 1 fully saturated rings. The fraction of sp³-hybridized carbons (Fsp3) is 0.471. The second-order valence-electron chi connectivity index (χ2n) is 6.37. The average molecular weight is 364 g/mol. The van der Waals surface area contributed by atoms with Crippen LogP contribution in [0.5, 0.6) is 0 Å². The Morgan fingerprint density at radius 3 is 2.48 bits per heavy atom. The number of aromatic nitrogens is 2. The predicted octanol–water partition coefficient (Wildman–Crippen LogP) is 1.37. The fourth-order valence-corrected chi connectivity index (χ4v) is 4.37. The van der Waals surface area contributed by atoms with Crippen LogP contribution in [0.4, 0.5) is 0 Å². The van der Waals surface area contributed by atoms with Crippen LogP contribution in [0, 0.1) is 0 Å². The number of benzene rings is 1. The average Bonchev–Trinajstić information content (AvgIpc) is 3.06. The molecule has 0 bridgehead atoms. The molecule has 0 amide bonds. The molecule has 0 spiro atoms. The largest absolute Gasteiger partial charge is 0.373 e. The standard InChI is InChI=1S/C17H24N4O3S/c1-14-11-21(12-15(2)24-14)25(22,23)19-10-16-6-3-4-7-17(16)13-20-9-5-8-18-20/h3-9,14-15,19H,10-13H2,1-2H3/t14-,15-/m0/s1. The number of nitrogens with one attached hydrogen (secondary N) is 1. The molecule has 1 aliphatic heterocycles. The highest BCUT2D eigenvalue weighted by Gasteiger charge is 2.30. The first-order valence-corrected chi connectivity index (χ1v) is 9.82. The summed E-state index contributed by atoms with van der Waals surface area (Å²) < 4.78 is 36.8. The Morgan fingerprint density at radius 1 is 1.16 bits per heavy atom. The zero-order chi connectivity index (χ0) is 17.9. The van der Waals surface area contributed by atoms with Crippen molar-refractivity contribution in [2.75, 3.05) is 13.1 Å². The van der Waals surface area contributed by atoms with E-state index >= 15 is 0 Å². The Bertz CT molecular complexity index is 782. The summed E-state index contributed by atoms with van der Waals surface area (Å²) in [4.78, 5) is 0. The Balaban J connectivity index is 1.68. The van der Waals surface area contributed by atoms with E-state index in [-0.39, 0.29) is 18.8 Å². The van der Waals surface area contributed by atoms with Gasteiger partial charge in [-0.25, -0.2) is 0 Å². The summed E-state index contributed by atoms with van der Waals surface area (Å²) >= 11 is 0. The third kappa shape index (κ3) is 4.66. The van der Waals surface area contributed by atoms with Gasteiger partial charge < -0.3 is 4.74 Å². The topological polar surface area (TPSA) is 76.5 Å². The number of ether oxygens (including phenoxy) is 1. The first-order valence-electron chi connectivity index (χ1n) is 8.38. The van der Waals surface area contributed by atoms with E-state index < -0.39 is 10.2 Å². The Labute approximate surface area is 148 Å². The van der Waals surface area contributed by atoms with E-state index in [0.717, 1.165) is 11.1 Å². The number of hydrogen-bond donors (Lipinski definition) is 1. The van der Waals surface area contributed by atoms with Gasteiger partial charge >= 0.3 is 0 Å². The van der Waals surface area contributed by atoms with Gasteiger partial charge in [-0.05, 0) is 31.0 Å². The molecular weight excluding hydrogens is 340 g/mol. The lowest BCUT2D eigenvalue weighted by Gasteiger charge is -2.34. The molecule has 0 unspecified atom stereocenters. The van der Waals surface area contributed by atoms with E-state index in [1.807, 2.05) is 55.1 Å². The summed E-state index contributed by atoms with van der Waals surface area (Å²) in [7, 11) is -3.55. The Kier molecular flexibility index (Phi) is 5.53. The van der Waals surface area contributed by atoms with Crippen molar-refractivity contribution in [3.05, 3.63) is 53.9 Å². The lowest BCUT2D eigenvalue weighted by atomic mass is 10.1. The van der Waals surface area contributed by atoms with Crippen LogP contribution in [0.2, 0.25) is 0 Å². The maximum atomic E-state index is 12.6. The molecule has 2 heterocycles. The highest BCUT2D eigenvalue weighted by molar-refractivity contribution is 7.87. The molecule has 1 aromatic heterocycles. The van der Waals surface area contributed by atoms with Crippen LogP contribution >= 0.6 is 0 Å². The smallest absolute Gasteiger partial charge is 0.279 e. The van der Waals surface area contributed by atoms with Crippen molar-refractivity contribution in [2.45, 2.75) is 39.1 Å². The molecule has 0 aliphatic carbocycles. The van der Waals surface area contributed by atoms with Crippen molar-refractivity contribution in [1.29, 1.82) is 0 Å². The van der Waals surface area contributed by atoms with Crippen LogP contribution in [0.15, 0.2) is 42.7 Å². The molecule has 1 aliphatic rings. The molecule has 8 heteroatoms. The van der Waals surface area contributed by atoms with Gasteiger partial charge in [-0.1, -0.05) is 24.3 Å². The van der Waals surface area contributed by atoms with Crippen LogP contribution in [0.1, 0.15) is 25.0 Å². The van der Waals surface area contributed by atoms with Crippen molar-refractivity contribution in [2.24, 2.45) is 0 Å². The number of nitrogens with zero attached hydrogens (tertiary/aromatic N) is 3. The first-order chi connectivity index (χ1) is 11.9. The summed E-state index contributed by atoms with van der Waals surface area (Å²) in [6.07, 6.45) is 3.41. The highest BCUT2D eigenvalue weighted by Crippen LogP contribution is 2.15. The summed E-state index contributed by atoms with van der Waals surface area (Å²) in [6.45, 7) is 5.37. The van der Waals surface area contributed by atoms with Gasteiger partial charge in [-0.3, -0.25) is 4.68 Å². The minimum Gasteiger partial charge on any atom is -0.373 e. The highest BCUT2D eigenvalue weighted by atomic mass is 32.2. The first kappa shape index (κ1) is 18.1. The Hall–Kier alpha value is -1.74. The van der Waals surface area contributed by atoms with Crippen molar-refractivity contribution in [1.82, 2.24) is 18.8 Å². The molecular formula is C17H24N4O3S. The summed E-state index contributed by atoms with van der Waals surface area (Å²) in [5, 5.41) is 4.21. The molecule has 0 radical (unpaired) electrons. The zero-order valence-corrected chi connectivity index (χ0v) is 15.3. The number of hydrogen-bond acceptors (Lipinski definition) is 4. The van der Waals surface area contributed by atoms with E-state index in [1.165, 1.54) is 4.31 Å². The van der Waals surface area contributed by atoms with Crippen molar-refractivity contribution >= 4 is 10.2 Å². The van der Waals surface area contributed by atoms with E-state index in [1.54, 1.807) is 6.20 Å². The van der Waals surface area contributed by atoms with Gasteiger partial charge in [0.2, 0.25) is 0 Å². The SMILES string of the molecule is C[C@H]1CN(S(=O)(=O)NCc2ccccc2Cn2cccn2)C[C@H](C)O1. The summed E-state index contributed by atoms with van der Waals surface area (Å²) in [6, 6.07) is 9.65. The van der Waals surface area contributed by atoms with Gasteiger partial charge in [-0.2, -0.15) is 22.5 Å². The van der Waals surface area contributed by atoms with Crippen LogP contribution in [-0.2, 0) is 28.0 Å². The molecule has 2 aromatic rings. The minimum atomic E-state index is -3.55.